The van der Waals surface area contributed by atoms with Crippen LogP contribution in [-0.2, 0) is 16.8 Å². The summed E-state index contributed by atoms with van der Waals surface area (Å²) in [6.45, 7) is 2.27. The molecule has 0 aliphatic carbocycles. The summed E-state index contributed by atoms with van der Waals surface area (Å²) >= 11 is 6.27. The highest BCUT2D eigenvalue weighted by molar-refractivity contribution is 6.30. The zero-order chi connectivity index (χ0) is 25.1. The maximum Gasteiger partial charge on any atom is 0.317 e. The van der Waals surface area contributed by atoms with Gasteiger partial charge in [-0.05, 0) is 68.2 Å². The number of hydrogen-bond donors (Lipinski definition) is 3. The minimum Gasteiger partial charge on any atom is -0.385 e. The van der Waals surface area contributed by atoms with E-state index in [0.717, 1.165) is 44.1 Å². The minimum atomic E-state index is -1.05. The fourth-order valence-corrected chi connectivity index (χ4v) is 5.15. The number of nitrogens with two attached hydrogens (primary N) is 1. The number of carbonyl (C=O) groups excluding carboxylic acids is 1. The number of likely N-dealkylation sites (tertiary alicyclic amines) is 1. The van der Waals surface area contributed by atoms with E-state index in [0.29, 0.717) is 37.7 Å². The number of carbonyl (C=O) groups is 1. The Morgan fingerprint density at radius 1 is 1.26 bits per heavy atom. The average Bonchev–Trinajstić information content (AvgIpc) is 2.89. The number of nitrogens with zero attached hydrogens (tertiary/aromatic N) is 1. The molecule has 0 bridgehead atoms. The summed E-state index contributed by atoms with van der Waals surface area (Å²) in [7, 11) is 1.69. The van der Waals surface area contributed by atoms with E-state index in [1.807, 2.05) is 47.4 Å². The van der Waals surface area contributed by atoms with Crippen LogP contribution >= 0.6 is 11.6 Å². The summed E-state index contributed by atoms with van der Waals surface area (Å²) in [5.74, 6) is -0.0743. The Hall–Kier alpha value is -2.12. The van der Waals surface area contributed by atoms with Crippen molar-refractivity contribution in [2.45, 2.75) is 56.6 Å². The third-order valence-corrected chi connectivity index (χ3v) is 7.26. The average molecular weight is 502 g/mol. The van der Waals surface area contributed by atoms with Crippen molar-refractivity contribution in [1.82, 2.24) is 10.2 Å². The molecule has 0 unspecified atom stereocenters. The van der Waals surface area contributed by atoms with Crippen LogP contribution in [0.3, 0.4) is 0 Å². The molecular weight excluding hydrogens is 462 g/mol. The number of benzene rings is 2. The molecule has 3 atom stereocenters. The summed E-state index contributed by atoms with van der Waals surface area (Å²) < 4.78 is 5.19. The first kappa shape index (κ1) is 27.5. The summed E-state index contributed by atoms with van der Waals surface area (Å²) in [6, 6.07) is 17.5. The van der Waals surface area contributed by atoms with Gasteiger partial charge < -0.3 is 25.8 Å². The third-order valence-electron chi connectivity index (χ3n) is 7.03. The Morgan fingerprint density at radius 3 is 2.80 bits per heavy atom. The van der Waals surface area contributed by atoms with Gasteiger partial charge in [0, 0.05) is 50.3 Å². The highest BCUT2D eigenvalue weighted by atomic mass is 35.5. The van der Waals surface area contributed by atoms with Crippen LogP contribution in [0.2, 0.25) is 5.02 Å². The number of urea groups is 1. The lowest BCUT2D eigenvalue weighted by Gasteiger charge is -2.43. The number of unbranched alkanes of at least 4 members (excludes halogenated alkanes) is 1. The smallest absolute Gasteiger partial charge is 0.317 e. The number of methoxy groups -OCH3 is 1. The van der Waals surface area contributed by atoms with Crippen molar-refractivity contribution in [3.63, 3.8) is 0 Å². The fraction of sp³-hybridized carbons (Fsp3) is 0.536. The molecule has 4 N–H and O–H groups in total. The first-order valence-electron chi connectivity index (χ1n) is 12.7. The van der Waals surface area contributed by atoms with Gasteiger partial charge in [0.25, 0.3) is 0 Å². The molecule has 7 heteroatoms. The predicted octanol–water partition coefficient (Wildman–Crippen LogP) is 4.73. The van der Waals surface area contributed by atoms with E-state index in [4.69, 9.17) is 22.1 Å². The molecule has 1 heterocycles. The number of piperidine rings is 1. The number of hydrogen-bond acceptors (Lipinski definition) is 4. The van der Waals surface area contributed by atoms with Crippen LogP contribution in [0.5, 0.6) is 0 Å². The van der Waals surface area contributed by atoms with E-state index in [1.165, 1.54) is 5.56 Å². The number of amides is 2. The van der Waals surface area contributed by atoms with E-state index in [1.54, 1.807) is 7.11 Å². The van der Waals surface area contributed by atoms with Crippen molar-refractivity contribution in [2.24, 2.45) is 11.7 Å². The van der Waals surface area contributed by atoms with Gasteiger partial charge in [-0.2, -0.15) is 0 Å². The maximum atomic E-state index is 13.0. The van der Waals surface area contributed by atoms with Crippen molar-refractivity contribution >= 4 is 17.6 Å². The van der Waals surface area contributed by atoms with Gasteiger partial charge in [-0.1, -0.05) is 54.1 Å². The number of aryl methyl sites for hydroxylation is 1. The monoisotopic (exact) mass is 501 g/mol. The van der Waals surface area contributed by atoms with Crippen molar-refractivity contribution in [3.05, 3.63) is 70.7 Å². The zero-order valence-electron chi connectivity index (χ0n) is 20.8. The molecule has 0 saturated carbocycles. The fourth-order valence-electron chi connectivity index (χ4n) is 4.96. The normalized spacial score (nSPS) is 18.6. The first-order chi connectivity index (χ1) is 16.9. The maximum absolute atomic E-state index is 13.0. The Kier molecular flexibility index (Phi) is 10.9. The number of ether oxygens (including phenoxy) is 1. The molecule has 2 aromatic carbocycles. The molecule has 0 radical (unpaired) electrons. The Balaban J connectivity index is 1.58. The molecule has 0 aromatic heterocycles. The molecular formula is C28H40ClN3O3. The number of nitrogens with one attached hydrogen (secondary N) is 1. The molecule has 3 rings (SSSR count). The molecule has 2 amide bonds. The molecule has 2 aromatic rings. The Labute approximate surface area is 214 Å². The number of aliphatic hydroxyl groups is 1. The SMILES string of the molecule is COCCCC[C@@](O)(c1cccc(Cl)c1)[C@@H]1CCCN(C(=O)NC[C@@H](N)CCc2ccccc2)C1. The molecule has 1 fully saturated rings. The van der Waals surface area contributed by atoms with Crippen LogP contribution in [0, 0.1) is 5.92 Å². The van der Waals surface area contributed by atoms with Crippen LogP contribution < -0.4 is 11.1 Å². The lowest BCUT2D eigenvalue weighted by atomic mass is 9.74. The zero-order valence-corrected chi connectivity index (χ0v) is 21.6. The van der Waals surface area contributed by atoms with Crippen LogP contribution in [-0.4, -0.2) is 55.4 Å². The van der Waals surface area contributed by atoms with Gasteiger partial charge in [0.2, 0.25) is 0 Å². The summed E-state index contributed by atoms with van der Waals surface area (Å²) in [6.07, 6.45) is 5.70. The largest absolute Gasteiger partial charge is 0.385 e. The van der Waals surface area contributed by atoms with E-state index < -0.39 is 5.60 Å². The second-order valence-corrected chi connectivity index (χ2v) is 10.1. The van der Waals surface area contributed by atoms with Crippen LogP contribution in [0.15, 0.2) is 54.6 Å². The van der Waals surface area contributed by atoms with Crippen LogP contribution in [0.25, 0.3) is 0 Å². The number of halogens is 1. The molecule has 1 aliphatic rings. The molecule has 35 heavy (non-hydrogen) atoms. The van der Waals surface area contributed by atoms with Gasteiger partial charge in [0.15, 0.2) is 0 Å². The lowest BCUT2D eigenvalue weighted by Crippen LogP contribution is -2.52. The first-order valence-corrected chi connectivity index (χ1v) is 13.1. The third kappa shape index (κ3) is 8.21. The predicted molar refractivity (Wildman–Crippen MR) is 142 cm³/mol. The van der Waals surface area contributed by atoms with E-state index in [2.05, 4.69) is 17.4 Å². The lowest BCUT2D eigenvalue weighted by molar-refractivity contribution is -0.0562. The Morgan fingerprint density at radius 2 is 2.06 bits per heavy atom. The van der Waals surface area contributed by atoms with Gasteiger partial charge in [-0.25, -0.2) is 4.79 Å². The summed E-state index contributed by atoms with van der Waals surface area (Å²) in [5, 5.41) is 15.6. The van der Waals surface area contributed by atoms with Gasteiger partial charge in [0.1, 0.15) is 0 Å². The summed E-state index contributed by atoms with van der Waals surface area (Å²) in [4.78, 5) is 14.8. The van der Waals surface area contributed by atoms with Gasteiger partial charge in [0.05, 0.1) is 5.60 Å². The highest BCUT2D eigenvalue weighted by Crippen LogP contribution is 2.40. The standard InChI is InChI=1S/C28H40ClN3O3/c1-35-18-6-5-16-28(34,23-11-7-13-25(29)19-23)24-12-8-17-32(21-24)27(33)31-20-26(30)15-14-22-9-3-2-4-10-22/h2-4,7,9-11,13,19,24,26,34H,5-6,8,12,14-18,20-21,30H2,1H3,(H,31,33)/t24-,26+,28-/m1/s1. The van der Waals surface area contributed by atoms with Crippen molar-refractivity contribution < 1.29 is 14.6 Å². The van der Waals surface area contributed by atoms with E-state index in [-0.39, 0.29) is 18.0 Å². The number of rotatable bonds is 12. The van der Waals surface area contributed by atoms with Gasteiger partial charge in [-0.15, -0.1) is 0 Å². The quantitative estimate of drug-likeness (QED) is 0.367. The second kappa shape index (κ2) is 13.8. The van der Waals surface area contributed by atoms with Crippen LogP contribution in [0.4, 0.5) is 4.79 Å². The van der Waals surface area contributed by atoms with E-state index >= 15 is 0 Å². The highest BCUT2D eigenvalue weighted by Gasteiger charge is 2.41. The van der Waals surface area contributed by atoms with Crippen molar-refractivity contribution in [1.29, 1.82) is 0 Å². The molecule has 6 nitrogen and oxygen atoms in total. The second-order valence-electron chi connectivity index (χ2n) is 9.64. The van der Waals surface area contributed by atoms with Crippen molar-refractivity contribution in [2.75, 3.05) is 33.4 Å². The molecule has 1 saturated heterocycles. The molecule has 1 aliphatic heterocycles. The molecule has 0 spiro atoms. The van der Waals surface area contributed by atoms with Gasteiger partial charge in [-0.3, -0.25) is 0 Å². The van der Waals surface area contributed by atoms with Crippen LogP contribution in [0.1, 0.15) is 49.7 Å². The van der Waals surface area contributed by atoms with Crippen molar-refractivity contribution in [3.8, 4) is 0 Å². The van der Waals surface area contributed by atoms with E-state index in [9.17, 15) is 9.90 Å². The minimum absolute atomic E-state index is 0.0743. The Bertz CT molecular complexity index is 913. The topological polar surface area (TPSA) is 87.8 Å². The molecule has 192 valence electrons. The van der Waals surface area contributed by atoms with Gasteiger partial charge >= 0.3 is 6.03 Å². The summed E-state index contributed by atoms with van der Waals surface area (Å²) in [5.41, 5.74) is 7.28.